The Hall–Kier alpha value is -5.46. The third kappa shape index (κ3) is 10.1. The van der Waals surface area contributed by atoms with Crippen LogP contribution in [0.25, 0.3) is 0 Å². The second-order valence-corrected chi connectivity index (χ2v) is 14.4. The van der Waals surface area contributed by atoms with Crippen molar-refractivity contribution < 1.29 is 33.6 Å². The largest absolute Gasteiger partial charge is 0.481 e. The van der Waals surface area contributed by atoms with E-state index in [1.54, 1.807) is 13.8 Å². The number of nitrogens with two attached hydrogens (primary N) is 1. The van der Waals surface area contributed by atoms with E-state index >= 15 is 0 Å². The van der Waals surface area contributed by atoms with Crippen LogP contribution in [0.15, 0.2) is 92.2 Å². The first-order chi connectivity index (χ1) is 27.4. The minimum Gasteiger partial charge on any atom is -0.481 e. The van der Waals surface area contributed by atoms with Crippen molar-refractivity contribution in [2.75, 3.05) is 0 Å². The Labute approximate surface area is 327 Å². The summed E-state index contributed by atoms with van der Waals surface area (Å²) in [7, 11) is 0. The van der Waals surface area contributed by atoms with Crippen LogP contribution in [0.1, 0.15) is 73.2 Å². The number of amides is 1. The van der Waals surface area contributed by atoms with E-state index in [9.17, 15) is 33.9 Å². The van der Waals surface area contributed by atoms with Gasteiger partial charge in [-0.05, 0) is 37.8 Å². The number of carboxylic acid groups (broad SMARTS) is 1. The molecule has 2 aliphatic rings. The maximum absolute atomic E-state index is 13.6. The number of hydrogen-bond donors (Lipinski definition) is 3. The molecule has 0 unspecified atom stereocenters. The fourth-order valence-electron chi connectivity index (χ4n) is 7.16. The molecule has 0 spiro atoms. The number of carbonyl (C=O) groups is 2. The van der Waals surface area contributed by atoms with Gasteiger partial charge in [0.15, 0.2) is 0 Å². The van der Waals surface area contributed by atoms with Crippen molar-refractivity contribution in [2.45, 2.75) is 116 Å². The zero-order chi connectivity index (χ0) is 40.6. The maximum Gasteiger partial charge on any atom is 0.335 e. The molecule has 6 rings (SSSR count). The van der Waals surface area contributed by atoms with Crippen molar-refractivity contribution >= 4 is 11.9 Å². The highest BCUT2D eigenvalue weighted by molar-refractivity contribution is 5.76. The number of benzene rings is 2. The number of hydrogen-bond acceptors (Lipinski definition) is 11. The molecule has 2 saturated heterocycles. The van der Waals surface area contributed by atoms with Gasteiger partial charge >= 0.3 is 17.3 Å². The molecular formula is C40H48N6O11. The molecule has 2 aromatic carbocycles. The number of nitrogens with zero attached hydrogens (tertiary/aromatic N) is 4. The summed E-state index contributed by atoms with van der Waals surface area (Å²) >= 11 is 0. The zero-order valence-electron chi connectivity index (χ0n) is 31.9. The van der Waals surface area contributed by atoms with Crippen LogP contribution in [-0.4, -0.2) is 59.5 Å². The third-order valence-corrected chi connectivity index (χ3v) is 10.2. The molecule has 4 N–H and O–H groups in total. The minimum atomic E-state index is -1.05. The number of rotatable bonds is 17. The summed E-state index contributed by atoms with van der Waals surface area (Å²) in [6, 6.07) is 17.5. The number of carboxylic acids is 1. The molecule has 6 atom stereocenters. The molecule has 4 heterocycles. The molecule has 17 nitrogen and oxygen atoms in total. The van der Waals surface area contributed by atoms with Gasteiger partial charge in [0.2, 0.25) is 5.91 Å². The smallest absolute Gasteiger partial charge is 0.335 e. The second kappa shape index (κ2) is 18.7. The van der Waals surface area contributed by atoms with Crippen LogP contribution >= 0.6 is 0 Å². The molecule has 0 aliphatic carbocycles. The Morgan fingerprint density at radius 3 is 1.72 bits per heavy atom. The summed E-state index contributed by atoms with van der Waals surface area (Å²) in [5, 5.41) is 12.3. The lowest BCUT2D eigenvalue weighted by atomic mass is 10.0. The Morgan fingerprint density at radius 1 is 0.737 bits per heavy atom. The molecule has 4 aromatic rings. The Kier molecular flexibility index (Phi) is 13.5. The summed E-state index contributed by atoms with van der Waals surface area (Å²) in [5.74, 6) is -1.42. The Morgan fingerprint density at radius 2 is 1.21 bits per heavy atom. The summed E-state index contributed by atoms with van der Waals surface area (Å²) in [6.45, 7) is 3.01. The lowest BCUT2D eigenvalue weighted by Gasteiger charge is -2.20. The molecule has 304 valence electrons. The molecular weight excluding hydrogens is 740 g/mol. The van der Waals surface area contributed by atoms with Gasteiger partial charge in [-0.25, -0.2) is 18.7 Å². The average Bonchev–Trinajstić information content (AvgIpc) is 3.78. The van der Waals surface area contributed by atoms with Crippen LogP contribution in [0.2, 0.25) is 0 Å². The monoisotopic (exact) mass is 788 g/mol. The van der Waals surface area contributed by atoms with Gasteiger partial charge in [-0.3, -0.25) is 28.3 Å². The predicted molar refractivity (Wildman–Crippen MR) is 205 cm³/mol. The number of aliphatic carboxylic acids is 1. The fourth-order valence-corrected chi connectivity index (χ4v) is 7.16. The second-order valence-electron chi connectivity index (χ2n) is 14.4. The maximum atomic E-state index is 13.6. The fraction of sp³-hybridized carbons (Fsp3) is 0.450. The van der Waals surface area contributed by atoms with Gasteiger partial charge in [0.1, 0.15) is 25.9 Å². The molecule has 57 heavy (non-hydrogen) atoms. The van der Waals surface area contributed by atoms with E-state index in [4.69, 9.17) is 24.7 Å². The summed E-state index contributed by atoms with van der Waals surface area (Å²) in [6.07, 6.45) is 0.243. The zero-order valence-corrected chi connectivity index (χ0v) is 31.9. The summed E-state index contributed by atoms with van der Waals surface area (Å²) in [4.78, 5) is 77.7. The van der Waals surface area contributed by atoms with Crippen molar-refractivity contribution in [2.24, 2.45) is 5.73 Å². The first kappa shape index (κ1) is 41.2. The predicted octanol–water partition coefficient (Wildman–Crippen LogP) is 2.03. The van der Waals surface area contributed by atoms with Crippen molar-refractivity contribution in [3.05, 3.63) is 137 Å². The highest BCUT2D eigenvalue weighted by Crippen LogP contribution is 2.32. The van der Waals surface area contributed by atoms with Gasteiger partial charge in [0, 0.05) is 55.2 Å². The van der Waals surface area contributed by atoms with E-state index in [1.165, 1.54) is 21.5 Å². The number of nitrogens with one attached hydrogen (secondary N) is 1. The van der Waals surface area contributed by atoms with Crippen LogP contribution in [0.3, 0.4) is 0 Å². The third-order valence-electron chi connectivity index (χ3n) is 10.2. The van der Waals surface area contributed by atoms with E-state index in [0.29, 0.717) is 5.56 Å². The van der Waals surface area contributed by atoms with Crippen molar-refractivity contribution in [1.82, 2.24) is 23.6 Å². The number of aromatic nitrogens is 4. The Balaban J connectivity index is 1.08. The van der Waals surface area contributed by atoms with Gasteiger partial charge in [-0.2, -0.15) is 0 Å². The Bertz CT molecular complexity index is 2270. The first-order valence-corrected chi connectivity index (χ1v) is 18.9. The average molecular weight is 789 g/mol. The van der Waals surface area contributed by atoms with Crippen molar-refractivity contribution in [3.63, 3.8) is 0 Å². The lowest BCUT2D eigenvalue weighted by Crippen LogP contribution is -2.43. The molecule has 0 radical (unpaired) electrons. The quantitative estimate of drug-likeness (QED) is 0.140. The molecule has 0 bridgehead atoms. The van der Waals surface area contributed by atoms with Gasteiger partial charge in [0.25, 0.3) is 11.1 Å². The van der Waals surface area contributed by atoms with Crippen LogP contribution in [-0.2, 0) is 55.2 Å². The molecule has 2 fully saturated rings. The number of carbonyl (C=O) groups excluding carboxylic acids is 1. The van der Waals surface area contributed by atoms with Crippen LogP contribution in [0.4, 0.5) is 0 Å². The normalized spacial score (nSPS) is 21.8. The van der Waals surface area contributed by atoms with E-state index in [2.05, 4.69) is 5.32 Å². The SMILES string of the molecule is Cc1cn([C@H]2C[C@H](NC(=O)CC[C@H]3O[C@@H](n4cc(C)c(=O)n(COCc5ccccc5)c4=O)C[C@@H]3N)[C@@H](CCC(=O)O)O2)c(=O)n(COCc2ccccc2)c1=O. The molecule has 17 heteroatoms. The van der Waals surface area contributed by atoms with Crippen LogP contribution in [0, 0.1) is 13.8 Å². The topological polar surface area (TPSA) is 217 Å². The van der Waals surface area contributed by atoms with Crippen molar-refractivity contribution in [1.29, 1.82) is 0 Å². The summed E-state index contributed by atoms with van der Waals surface area (Å²) < 4.78 is 28.3. The van der Waals surface area contributed by atoms with Crippen LogP contribution in [0.5, 0.6) is 0 Å². The number of ether oxygens (including phenoxy) is 4. The van der Waals surface area contributed by atoms with Gasteiger partial charge in [0.05, 0.1) is 31.5 Å². The highest BCUT2D eigenvalue weighted by atomic mass is 16.5. The summed E-state index contributed by atoms with van der Waals surface area (Å²) in [5.41, 5.74) is 6.51. The minimum absolute atomic E-state index is 0.0126. The molecule has 1 amide bonds. The van der Waals surface area contributed by atoms with E-state index < -0.39 is 65.2 Å². The molecule has 2 aliphatic heterocycles. The first-order valence-electron chi connectivity index (χ1n) is 18.9. The van der Waals surface area contributed by atoms with E-state index in [0.717, 1.165) is 20.3 Å². The standard InChI is InChI=1S/C40H48N6O11/c1-25-19-43(39(52)45(37(25)50)23-54-21-27-9-5-3-6-10-27)34-17-29(41)31(56-34)13-15-33(47)42-30-18-35(57-32(30)14-16-36(48)49)44-20-26(2)38(51)46(40(44)53)24-55-22-28-11-7-4-8-12-28/h3-12,19-20,29-32,34-35H,13-18,21-24,41H2,1-2H3,(H,42,47)(H,48,49)/t29-,30-,31+,32+,34+,35+/m0/s1. The van der Waals surface area contributed by atoms with Gasteiger partial charge in [-0.1, -0.05) is 60.7 Å². The van der Waals surface area contributed by atoms with Gasteiger partial charge < -0.3 is 35.1 Å². The molecule has 2 aromatic heterocycles. The van der Waals surface area contributed by atoms with Crippen LogP contribution < -0.4 is 33.5 Å². The van der Waals surface area contributed by atoms with Gasteiger partial charge in [-0.15, -0.1) is 0 Å². The van der Waals surface area contributed by atoms with E-state index in [-0.39, 0.29) is 76.7 Å². The lowest BCUT2D eigenvalue weighted by molar-refractivity contribution is -0.138. The molecule has 0 saturated carbocycles. The van der Waals surface area contributed by atoms with E-state index in [1.807, 2.05) is 60.7 Å². The highest BCUT2D eigenvalue weighted by Gasteiger charge is 2.39. The number of aryl methyl sites for hydroxylation is 2. The van der Waals surface area contributed by atoms with Crippen molar-refractivity contribution in [3.8, 4) is 0 Å².